The van der Waals surface area contributed by atoms with Crippen LogP contribution in [0.25, 0.3) is 0 Å². The maximum Gasteiger partial charge on any atom is 0.256 e. The lowest BCUT2D eigenvalue weighted by Gasteiger charge is -2.27. The summed E-state index contributed by atoms with van der Waals surface area (Å²) in [6.45, 7) is 10.1. The molecule has 0 heterocycles. The minimum Gasteiger partial charge on any atom is -0.491 e. The topological polar surface area (TPSA) is 56.8 Å². The van der Waals surface area contributed by atoms with Gasteiger partial charge in [-0.2, -0.15) is 0 Å². The molecule has 1 amide bonds. The van der Waals surface area contributed by atoms with Gasteiger partial charge in [-0.05, 0) is 51.0 Å². The van der Waals surface area contributed by atoms with Gasteiger partial charge in [0.2, 0.25) is 0 Å². The van der Waals surface area contributed by atoms with Crippen LogP contribution in [0.1, 0.15) is 40.5 Å². The van der Waals surface area contributed by atoms with Crippen molar-refractivity contribution in [1.82, 2.24) is 0 Å². The summed E-state index contributed by atoms with van der Waals surface area (Å²) in [5.41, 5.74) is -0.0743. The summed E-state index contributed by atoms with van der Waals surface area (Å²) in [7, 11) is 0. The third-order valence-electron chi connectivity index (χ3n) is 3.59. The van der Waals surface area contributed by atoms with Crippen LogP contribution in [0.2, 0.25) is 0 Å². The molecule has 1 rings (SSSR count). The van der Waals surface area contributed by atoms with E-state index in [2.05, 4.69) is 5.32 Å². The highest BCUT2D eigenvalue weighted by Gasteiger charge is 2.32. The van der Waals surface area contributed by atoms with Crippen LogP contribution in [-0.2, 0) is 14.3 Å². The van der Waals surface area contributed by atoms with E-state index in [0.717, 1.165) is 17.9 Å². The minimum atomic E-state index is -0.803. The quantitative estimate of drug-likeness (QED) is 0.632. The highest BCUT2D eigenvalue weighted by molar-refractivity contribution is 5.97. The Morgan fingerprint density at radius 3 is 2.35 bits per heavy atom. The van der Waals surface area contributed by atoms with Crippen molar-refractivity contribution in [2.75, 3.05) is 31.7 Å². The normalized spacial score (nSPS) is 13.4. The standard InChI is InChI=1S/C18H29NO4/c1-5-12-23-18(4,6-2)17(20)19-15-8-10-16(11-9-15)22-14-13-21-7-3/h8-11H,5-7,12-14H2,1-4H3,(H,19,20). The molecule has 23 heavy (non-hydrogen) atoms. The van der Waals surface area contributed by atoms with Gasteiger partial charge in [0.05, 0.1) is 6.61 Å². The molecule has 130 valence electrons. The van der Waals surface area contributed by atoms with Crippen LogP contribution in [-0.4, -0.2) is 37.9 Å². The summed E-state index contributed by atoms with van der Waals surface area (Å²) in [6, 6.07) is 7.31. The van der Waals surface area contributed by atoms with Gasteiger partial charge in [0, 0.05) is 18.9 Å². The molecule has 0 aliphatic heterocycles. The van der Waals surface area contributed by atoms with Crippen LogP contribution in [0, 0.1) is 0 Å². The van der Waals surface area contributed by atoms with E-state index in [9.17, 15) is 4.79 Å². The largest absolute Gasteiger partial charge is 0.491 e. The van der Waals surface area contributed by atoms with Crippen molar-refractivity contribution in [1.29, 1.82) is 0 Å². The second kappa shape index (κ2) is 10.2. The van der Waals surface area contributed by atoms with Gasteiger partial charge >= 0.3 is 0 Å². The van der Waals surface area contributed by atoms with Gasteiger partial charge in [-0.1, -0.05) is 13.8 Å². The van der Waals surface area contributed by atoms with Gasteiger partial charge < -0.3 is 19.5 Å². The van der Waals surface area contributed by atoms with E-state index in [1.54, 1.807) is 0 Å². The Morgan fingerprint density at radius 1 is 1.09 bits per heavy atom. The van der Waals surface area contributed by atoms with E-state index in [0.29, 0.717) is 32.8 Å². The molecule has 1 aromatic carbocycles. The van der Waals surface area contributed by atoms with E-state index in [4.69, 9.17) is 14.2 Å². The number of amides is 1. The van der Waals surface area contributed by atoms with Crippen molar-refractivity contribution >= 4 is 11.6 Å². The predicted molar refractivity (Wildman–Crippen MR) is 92.0 cm³/mol. The lowest BCUT2D eigenvalue weighted by molar-refractivity contribution is -0.139. The van der Waals surface area contributed by atoms with Crippen LogP contribution >= 0.6 is 0 Å². The SMILES string of the molecule is CCCOC(C)(CC)C(=O)Nc1ccc(OCCOCC)cc1. The number of benzene rings is 1. The molecule has 1 atom stereocenters. The average molecular weight is 323 g/mol. The molecule has 0 aliphatic carbocycles. The third-order valence-corrected chi connectivity index (χ3v) is 3.59. The van der Waals surface area contributed by atoms with Gasteiger partial charge in [-0.3, -0.25) is 4.79 Å². The summed E-state index contributed by atoms with van der Waals surface area (Å²) >= 11 is 0. The first-order valence-corrected chi connectivity index (χ1v) is 8.31. The smallest absolute Gasteiger partial charge is 0.256 e. The number of anilines is 1. The fourth-order valence-corrected chi connectivity index (χ4v) is 1.92. The van der Waals surface area contributed by atoms with Crippen LogP contribution in [0.3, 0.4) is 0 Å². The number of nitrogens with one attached hydrogen (secondary N) is 1. The molecule has 1 unspecified atom stereocenters. The number of rotatable bonds is 11. The first kappa shape index (κ1) is 19.5. The predicted octanol–water partition coefficient (Wildman–Crippen LogP) is 3.64. The molecule has 0 fully saturated rings. The Bertz CT molecular complexity index is 461. The molecule has 1 N–H and O–H groups in total. The third kappa shape index (κ3) is 6.59. The highest BCUT2D eigenvalue weighted by Crippen LogP contribution is 2.21. The lowest BCUT2D eigenvalue weighted by atomic mass is 10.0. The number of hydrogen-bond donors (Lipinski definition) is 1. The fraction of sp³-hybridized carbons (Fsp3) is 0.611. The molecular formula is C18H29NO4. The van der Waals surface area contributed by atoms with Gasteiger partial charge in [-0.15, -0.1) is 0 Å². The molecule has 0 saturated carbocycles. The Labute approximate surface area is 139 Å². The Morgan fingerprint density at radius 2 is 1.78 bits per heavy atom. The first-order chi connectivity index (χ1) is 11.1. The maximum atomic E-state index is 12.4. The van der Waals surface area contributed by atoms with Crippen molar-refractivity contribution in [2.24, 2.45) is 0 Å². The Kier molecular flexibility index (Phi) is 8.66. The van der Waals surface area contributed by atoms with Crippen LogP contribution in [0.5, 0.6) is 5.75 Å². The number of carbonyl (C=O) groups excluding carboxylic acids is 1. The van der Waals surface area contributed by atoms with Crippen molar-refractivity contribution in [3.8, 4) is 5.75 Å². The number of hydrogen-bond acceptors (Lipinski definition) is 4. The van der Waals surface area contributed by atoms with Gasteiger partial charge in [-0.25, -0.2) is 0 Å². The van der Waals surface area contributed by atoms with Gasteiger partial charge in [0.25, 0.3) is 5.91 Å². The molecule has 5 nitrogen and oxygen atoms in total. The molecule has 0 saturated heterocycles. The Hall–Kier alpha value is -1.59. The van der Waals surface area contributed by atoms with Gasteiger partial charge in [0.1, 0.15) is 18.0 Å². The average Bonchev–Trinajstić information content (AvgIpc) is 2.58. The minimum absolute atomic E-state index is 0.126. The molecule has 5 heteroatoms. The molecule has 0 aliphatic rings. The molecule has 0 spiro atoms. The van der Waals surface area contributed by atoms with Crippen LogP contribution in [0.15, 0.2) is 24.3 Å². The van der Waals surface area contributed by atoms with E-state index in [1.807, 2.05) is 52.0 Å². The van der Waals surface area contributed by atoms with Gasteiger partial charge in [0.15, 0.2) is 0 Å². The molecule has 1 aromatic rings. The zero-order valence-corrected chi connectivity index (χ0v) is 14.7. The monoisotopic (exact) mass is 323 g/mol. The van der Waals surface area contributed by atoms with E-state index >= 15 is 0 Å². The van der Waals surface area contributed by atoms with E-state index in [-0.39, 0.29) is 5.91 Å². The summed E-state index contributed by atoms with van der Waals surface area (Å²) < 4.78 is 16.5. The second-order valence-corrected chi connectivity index (χ2v) is 5.46. The summed E-state index contributed by atoms with van der Waals surface area (Å²) in [6.07, 6.45) is 1.51. The summed E-state index contributed by atoms with van der Waals surface area (Å²) in [5.74, 6) is 0.627. The lowest BCUT2D eigenvalue weighted by Crippen LogP contribution is -2.42. The van der Waals surface area contributed by atoms with Crippen molar-refractivity contribution < 1.29 is 19.0 Å². The molecular weight excluding hydrogens is 294 g/mol. The Balaban J connectivity index is 2.54. The zero-order chi connectivity index (χ0) is 17.1. The number of ether oxygens (including phenoxy) is 3. The van der Waals surface area contributed by atoms with Crippen molar-refractivity contribution in [3.05, 3.63) is 24.3 Å². The van der Waals surface area contributed by atoms with Crippen molar-refractivity contribution in [2.45, 2.75) is 46.1 Å². The summed E-state index contributed by atoms with van der Waals surface area (Å²) in [5, 5.41) is 2.90. The van der Waals surface area contributed by atoms with Crippen LogP contribution < -0.4 is 10.1 Å². The highest BCUT2D eigenvalue weighted by atomic mass is 16.5. The number of carbonyl (C=O) groups is 1. The molecule has 0 aromatic heterocycles. The molecule has 0 bridgehead atoms. The van der Waals surface area contributed by atoms with Crippen LogP contribution in [0.4, 0.5) is 5.69 Å². The fourth-order valence-electron chi connectivity index (χ4n) is 1.92. The first-order valence-electron chi connectivity index (χ1n) is 8.31. The van der Waals surface area contributed by atoms with E-state index < -0.39 is 5.60 Å². The second-order valence-electron chi connectivity index (χ2n) is 5.46. The maximum absolute atomic E-state index is 12.4. The van der Waals surface area contributed by atoms with Crippen molar-refractivity contribution in [3.63, 3.8) is 0 Å². The molecule has 0 radical (unpaired) electrons. The summed E-state index contributed by atoms with van der Waals surface area (Å²) in [4.78, 5) is 12.4. The zero-order valence-electron chi connectivity index (χ0n) is 14.7. The van der Waals surface area contributed by atoms with E-state index in [1.165, 1.54) is 0 Å².